The second-order valence-electron chi connectivity index (χ2n) is 6.38. The molecule has 0 bridgehead atoms. The molecule has 0 aliphatic heterocycles. The number of nitrogens with one attached hydrogen (secondary N) is 1. The molecule has 1 fully saturated rings. The van der Waals surface area contributed by atoms with Crippen molar-refractivity contribution in [3.05, 3.63) is 53.1 Å². The predicted molar refractivity (Wildman–Crippen MR) is 91.0 cm³/mol. The molecule has 1 aliphatic carbocycles. The Hall–Kier alpha value is -2.90. The largest absolute Gasteiger partial charge is 0.332 e. The average molecular weight is 360 g/mol. The number of rotatable bonds is 5. The molecular formula is C18H18F2N4O2. The number of aryl methyl sites for hydroxylation is 1. The van der Waals surface area contributed by atoms with Crippen molar-refractivity contribution in [2.75, 3.05) is 18.9 Å². The van der Waals surface area contributed by atoms with Gasteiger partial charge in [-0.25, -0.2) is 18.7 Å². The molecule has 1 saturated carbocycles. The van der Waals surface area contributed by atoms with Gasteiger partial charge in [-0.15, -0.1) is 0 Å². The molecular weight excluding hydrogens is 342 g/mol. The van der Waals surface area contributed by atoms with Crippen molar-refractivity contribution >= 4 is 17.8 Å². The van der Waals surface area contributed by atoms with Gasteiger partial charge in [0.15, 0.2) is 5.82 Å². The lowest BCUT2D eigenvalue weighted by Crippen LogP contribution is -2.35. The first-order valence-corrected chi connectivity index (χ1v) is 8.12. The van der Waals surface area contributed by atoms with Crippen molar-refractivity contribution in [2.24, 2.45) is 0 Å². The number of nitrogens with zero attached hydrogens (tertiary/aromatic N) is 3. The van der Waals surface area contributed by atoms with Crippen LogP contribution in [0.2, 0.25) is 0 Å². The van der Waals surface area contributed by atoms with E-state index < -0.39 is 17.9 Å². The zero-order valence-corrected chi connectivity index (χ0v) is 14.4. The highest BCUT2D eigenvalue weighted by Gasteiger charge is 2.41. The summed E-state index contributed by atoms with van der Waals surface area (Å²) in [6.07, 6.45) is 1.35. The Labute approximate surface area is 149 Å². The molecule has 6 nitrogen and oxygen atoms in total. The van der Waals surface area contributed by atoms with Gasteiger partial charge in [0.2, 0.25) is 11.9 Å². The summed E-state index contributed by atoms with van der Waals surface area (Å²) in [6.45, 7) is 1.64. The van der Waals surface area contributed by atoms with E-state index in [0.29, 0.717) is 17.5 Å². The van der Waals surface area contributed by atoms with Crippen LogP contribution in [-0.2, 0) is 4.79 Å². The molecule has 3 rings (SSSR count). The average Bonchev–Trinajstić information content (AvgIpc) is 3.33. The SMILES string of the molecule is Cc1ccc(C(=O)N(C)CC(=O)Nc2ncc(F)cn2)c([C@@H]2C[C@@H]2F)c1. The second kappa shape index (κ2) is 7.15. The first-order chi connectivity index (χ1) is 12.3. The van der Waals surface area contributed by atoms with Crippen molar-refractivity contribution < 1.29 is 18.4 Å². The number of hydrogen-bond acceptors (Lipinski definition) is 4. The van der Waals surface area contributed by atoms with E-state index in [4.69, 9.17) is 0 Å². The molecule has 2 atom stereocenters. The maximum absolute atomic E-state index is 13.5. The molecule has 1 aliphatic rings. The van der Waals surface area contributed by atoms with Crippen LogP contribution in [0, 0.1) is 12.7 Å². The molecule has 26 heavy (non-hydrogen) atoms. The third kappa shape index (κ3) is 4.01. The van der Waals surface area contributed by atoms with Crippen LogP contribution in [0.4, 0.5) is 14.7 Å². The highest BCUT2D eigenvalue weighted by molar-refractivity contribution is 5.99. The number of halogens is 2. The zero-order valence-electron chi connectivity index (χ0n) is 14.4. The Morgan fingerprint density at radius 2 is 1.96 bits per heavy atom. The summed E-state index contributed by atoms with van der Waals surface area (Å²) in [7, 11) is 1.48. The highest BCUT2D eigenvalue weighted by atomic mass is 19.1. The minimum atomic E-state index is -0.924. The van der Waals surface area contributed by atoms with Crippen LogP contribution in [0.15, 0.2) is 30.6 Å². The number of aromatic nitrogens is 2. The summed E-state index contributed by atoms with van der Waals surface area (Å²) < 4.78 is 26.3. The monoisotopic (exact) mass is 360 g/mol. The molecule has 136 valence electrons. The van der Waals surface area contributed by atoms with E-state index in [1.807, 2.05) is 13.0 Å². The van der Waals surface area contributed by atoms with E-state index in [-0.39, 0.29) is 24.3 Å². The Balaban J connectivity index is 1.68. The second-order valence-corrected chi connectivity index (χ2v) is 6.38. The van der Waals surface area contributed by atoms with Gasteiger partial charge in [0.05, 0.1) is 18.9 Å². The van der Waals surface area contributed by atoms with Crippen molar-refractivity contribution in [1.82, 2.24) is 14.9 Å². The van der Waals surface area contributed by atoms with Gasteiger partial charge >= 0.3 is 0 Å². The fourth-order valence-corrected chi connectivity index (χ4v) is 2.70. The Kier molecular flexibility index (Phi) is 4.92. The molecule has 0 spiro atoms. The van der Waals surface area contributed by atoms with E-state index in [9.17, 15) is 18.4 Å². The van der Waals surface area contributed by atoms with Gasteiger partial charge in [-0.3, -0.25) is 14.9 Å². The maximum Gasteiger partial charge on any atom is 0.254 e. The summed E-state index contributed by atoms with van der Waals surface area (Å²) in [6, 6.07) is 5.26. The minimum absolute atomic E-state index is 0.0495. The van der Waals surface area contributed by atoms with Crippen molar-refractivity contribution in [3.8, 4) is 0 Å². The van der Waals surface area contributed by atoms with Crippen LogP contribution in [0.1, 0.15) is 33.8 Å². The Bertz CT molecular complexity index is 842. The topological polar surface area (TPSA) is 75.2 Å². The van der Waals surface area contributed by atoms with Gasteiger partial charge in [-0.1, -0.05) is 17.7 Å². The first kappa shape index (κ1) is 17.9. The van der Waals surface area contributed by atoms with E-state index >= 15 is 0 Å². The third-order valence-corrected chi connectivity index (χ3v) is 4.15. The molecule has 8 heteroatoms. The number of carbonyl (C=O) groups excluding carboxylic acids is 2. The van der Waals surface area contributed by atoms with Crippen LogP contribution in [-0.4, -0.2) is 46.4 Å². The maximum atomic E-state index is 13.5. The lowest BCUT2D eigenvalue weighted by Gasteiger charge is -2.19. The molecule has 0 saturated heterocycles. The third-order valence-electron chi connectivity index (χ3n) is 4.15. The van der Waals surface area contributed by atoms with E-state index in [1.54, 1.807) is 12.1 Å². The summed E-state index contributed by atoms with van der Waals surface area (Å²) >= 11 is 0. The van der Waals surface area contributed by atoms with E-state index in [0.717, 1.165) is 18.0 Å². The Morgan fingerprint density at radius 3 is 2.58 bits per heavy atom. The standard InChI is InChI=1S/C18H18F2N4O2/c1-10-3-4-12(13(5-10)14-6-15(14)20)17(26)24(2)9-16(25)23-18-21-7-11(19)8-22-18/h3-5,7-8,14-15H,6,9H2,1-2H3,(H,21,22,23,25)/t14-,15-/m0/s1. The summed E-state index contributed by atoms with van der Waals surface area (Å²) in [5.74, 6) is -1.81. The minimum Gasteiger partial charge on any atom is -0.332 e. The predicted octanol–water partition coefficient (Wildman–Crippen LogP) is 2.46. The van der Waals surface area contributed by atoms with Crippen LogP contribution in [0.5, 0.6) is 0 Å². The van der Waals surface area contributed by atoms with Crippen LogP contribution >= 0.6 is 0 Å². The van der Waals surface area contributed by atoms with Crippen LogP contribution in [0.25, 0.3) is 0 Å². The van der Waals surface area contributed by atoms with Crippen LogP contribution < -0.4 is 5.32 Å². The number of anilines is 1. The molecule has 0 unspecified atom stereocenters. The van der Waals surface area contributed by atoms with Crippen molar-refractivity contribution in [1.29, 1.82) is 0 Å². The number of likely N-dealkylation sites (N-methyl/N-ethyl adjacent to an activating group) is 1. The lowest BCUT2D eigenvalue weighted by atomic mass is 9.99. The number of hydrogen-bond donors (Lipinski definition) is 1. The van der Waals surface area contributed by atoms with Gasteiger partial charge in [0, 0.05) is 18.5 Å². The summed E-state index contributed by atoms with van der Waals surface area (Å²) in [5, 5.41) is 2.39. The van der Waals surface area contributed by atoms with Crippen molar-refractivity contribution in [3.63, 3.8) is 0 Å². The normalized spacial score (nSPS) is 18.3. The van der Waals surface area contributed by atoms with Gasteiger partial charge in [0.25, 0.3) is 5.91 Å². The van der Waals surface area contributed by atoms with Gasteiger partial charge in [-0.2, -0.15) is 0 Å². The fraction of sp³-hybridized carbons (Fsp3) is 0.333. The van der Waals surface area contributed by atoms with Crippen LogP contribution in [0.3, 0.4) is 0 Å². The number of benzene rings is 1. The Morgan fingerprint density at radius 1 is 1.31 bits per heavy atom. The van der Waals surface area contributed by atoms with Gasteiger partial charge in [-0.05, 0) is 25.0 Å². The molecule has 1 N–H and O–H groups in total. The first-order valence-electron chi connectivity index (χ1n) is 8.12. The van der Waals surface area contributed by atoms with Gasteiger partial charge in [0.1, 0.15) is 6.17 Å². The van der Waals surface area contributed by atoms with E-state index in [2.05, 4.69) is 15.3 Å². The molecule has 2 aromatic rings. The quantitative estimate of drug-likeness (QED) is 0.889. The van der Waals surface area contributed by atoms with Crippen molar-refractivity contribution in [2.45, 2.75) is 25.4 Å². The zero-order chi connectivity index (χ0) is 18.8. The van der Waals surface area contributed by atoms with Gasteiger partial charge < -0.3 is 4.90 Å². The molecule has 2 amide bonds. The molecule has 1 aromatic carbocycles. The molecule has 1 heterocycles. The smallest absolute Gasteiger partial charge is 0.254 e. The number of alkyl halides is 1. The highest BCUT2D eigenvalue weighted by Crippen LogP contribution is 2.45. The summed E-state index contributed by atoms with van der Waals surface area (Å²) in [5.41, 5.74) is 2.02. The van der Waals surface area contributed by atoms with E-state index in [1.165, 1.54) is 11.9 Å². The fourth-order valence-electron chi connectivity index (χ4n) is 2.70. The molecule has 1 aromatic heterocycles. The molecule has 0 radical (unpaired) electrons. The summed E-state index contributed by atoms with van der Waals surface area (Å²) in [4.78, 5) is 33.2. The number of amides is 2. The number of carbonyl (C=O) groups is 2. The lowest BCUT2D eigenvalue weighted by molar-refractivity contribution is -0.116.